The molecule has 88 valence electrons. The minimum atomic E-state index is 0.0767. The molecule has 3 heteroatoms. The van der Waals surface area contributed by atoms with Crippen LogP contribution in [0.25, 0.3) is 11.1 Å². The molecule has 0 fully saturated rings. The van der Waals surface area contributed by atoms with Crippen LogP contribution in [0.4, 0.5) is 5.82 Å². The van der Waals surface area contributed by atoms with Crippen molar-refractivity contribution in [3.8, 4) is 11.1 Å². The third-order valence-electron chi connectivity index (χ3n) is 2.86. The Morgan fingerprint density at radius 1 is 1.24 bits per heavy atom. The van der Waals surface area contributed by atoms with Gasteiger partial charge in [0.15, 0.2) is 0 Å². The van der Waals surface area contributed by atoms with E-state index in [1.54, 1.807) is 13.3 Å². The van der Waals surface area contributed by atoms with Crippen molar-refractivity contribution in [3.63, 3.8) is 0 Å². The summed E-state index contributed by atoms with van der Waals surface area (Å²) in [5.74, 6) is 0.551. The first-order chi connectivity index (χ1) is 8.22. The maximum atomic E-state index is 5.87. The van der Waals surface area contributed by atoms with Crippen molar-refractivity contribution in [2.75, 3.05) is 12.8 Å². The van der Waals surface area contributed by atoms with Crippen molar-refractivity contribution in [3.05, 3.63) is 48.2 Å². The Morgan fingerprint density at radius 2 is 2.06 bits per heavy atom. The number of benzene rings is 1. The lowest BCUT2D eigenvalue weighted by Gasteiger charge is -2.12. The summed E-state index contributed by atoms with van der Waals surface area (Å²) in [6.45, 7) is 2.02. The third kappa shape index (κ3) is 2.45. The summed E-state index contributed by atoms with van der Waals surface area (Å²) in [6, 6.07) is 12.0. The molecule has 0 aliphatic rings. The van der Waals surface area contributed by atoms with Crippen LogP contribution < -0.4 is 5.73 Å². The van der Waals surface area contributed by atoms with E-state index < -0.39 is 0 Å². The number of hydrogen-bond acceptors (Lipinski definition) is 3. The summed E-state index contributed by atoms with van der Waals surface area (Å²) in [7, 11) is 1.70. The van der Waals surface area contributed by atoms with Crippen LogP contribution >= 0.6 is 0 Å². The number of rotatable bonds is 3. The molecule has 0 unspecified atom stereocenters. The van der Waals surface area contributed by atoms with Crippen LogP contribution in [-0.4, -0.2) is 12.1 Å². The largest absolute Gasteiger partial charge is 0.383 e. The van der Waals surface area contributed by atoms with Crippen LogP contribution in [0, 0.1) is 0 Å². The number of anilines is 1. The first kappa shape index (κ1) is 11.6. The summed E-state index contributed by atoms with van der Waals surface area (Å²) >= 11 is 0. The minimum Gasteiger partial charge on any atom is -0.383 e. The maximum Gasteiger partial charge on any atom is 0.131 e. The van der Waals surface area contributed by atoms with Crippen LogP contribution in [0.15, 0.2) is 42.6 Å². The van der Waals surface area contributed by atoms with E-state index in [1.165, 1.54) is 0 Å². The Kier molecular flexibility index (Phi) is 3.40. The van der Waals surface area contributed by atoms with Gasteiger partial charge in [-0.05, 0) is 36.2 Å². The fourth-order valence-corrected chi connectivity index (χ4v) is 1.76. The first-order valence-corrected chi connectivity index (χ1v) is 5.56. The zero-order chi connectivity index (χ0) is 12.3. The zero-order valence-electron chi connectivity index (χ0n) is 10.1. The third-order valence-corrected chi connectivity index (χ3v) is 2.86. The molecule has 0 spiro atoms. The number of ether oxygens (including phenoxy) is 1. The molecule has 3 nitrogen and oxygen atoms in total. The highest BCUT2D eigenvalue weighted by Gasteiger charge is 2.07. The van der Waals surface area contributed by atoms with Crippen molar-refractivity contribution in [1.29, 1.82) is 0 Å². The van der Waals surface area contributed by atoms with Gasteiger partial charge >= 0.3 is 0 Å². The summed E-state index contributed by atoms with van der Waals surface area (Å²) in [6.07, 6.45) is 1.77. The first-order valence-electron chi connectivity index (χ1n) is 5.56. The Bertz CT molecular complexity index is 511. The fourth-order valence-electron chi connectivity index (χ4n) is 1.76. The lowest BCUT2D eigenvalue weighted by atomic mass is 10.0. The van der Waals surface area contributed by atoms with Gasteiger partial charge in [-0.15, -0.1) is 0 Å². The molecule has 0 saturated carbocycles. The van der Waals surface area contributed by atoms with E-state index in [4.69, 9.17) is 10.5 Å². The Hall–Kier alpha value is -1.87. The van der Waals surface area contributed by atoms with Gasteiger partial charge in [0.05, 0.1) is 6.10 Å². The molecule has 0 amide bonds. The van der Waals surface area contributed by atoms with Gasteiger partial charge in [0.2, 0.25) is 0 Å². The summed E-state index contributed by atoms with van der Waals surface area (Å²) < 4.78 is 5.31. The summed E-state index contributed by atoms with van der Waals surface area (Å²) in [5, 5.41) is 0. The second-order valence-corrected chi connectivity index (χ2v) is 3.94. The van der Waals surface area contributed by atoms with Crippen molar-refractivity contribution in [1.82, 2.24) is 4.98 Å². The van der Waals surface area contributed by atoms with E-state index in [9.17, 15) is 0 Å². The van der Waals surface area contributed by atoms with E-state index in [0.717, 1.165) is 16.7 Å². The molecule has 17 heavy (non-hydrogen) atoms. The van der Waals surface area contributed by atoms with Crippen molar-refractivity contribution in [2.24, 2.45) is 0 Å². The van der Waals surface area contributed by atoms with Gasteiger partial charge in [-0.3, -0.25) is 0 Å². The molecule has 0 aliphatic heterocycles. The van der Waals surface area contributed by atoms with E-state index in [1.807, 2.05) is 37.3 Å². The van der Waals surface area contributed by atoms with Crippen molar-refractivity contribution < 1.29 is 4.74 Å². The van der Waals surface area contributed by atoms with Gasteiger partial charge in [0.1, 0.15) is 5.82 Å². The van der Waals surface area contributed by atoms with E-state index >= 15 is 0 Å². The van der Waals surface area contributed by atoms with Gasteiger partial charge in [0, 0.05) is 18.9 Å². The number of hydrogen-bond donors (Lipinski definition) is 1. The summed E-state index contributed by atoms with van der Waals surface area (Å²) in [4.78, 5) is 4.10. The molecular weight excluding hydrogens is 212 g/mol. The molecule has 1 atom stereocenters. The van der Waals surface area contributed by atoms with E-state index in [-0.39, 0.29) is 6.10 Å². The molecule has 0 bridgehead atoms. The van der Waals surface area contributed by atoms with E-state index in [2.05, 4.69) is 11.1 Å². The number of nitrogen functional groups attached to an aromatic ring is 1. The van der Waals surface area contributed by atoms with E-state index in [0.29, 0.717) is 5.82 Å². The van der Waals surface area contributed by atoms with Gasteiger partial charge in [-0.2, -0.15) is 0 Å². The predicted molar refractivity (Wildman–Crippen MR) is 69.5 cm³/mol. The van der Waals surface area contributed by atoms with Crippen LogP contribution in [0.1, 0.15) is 18.6 Å². The van der Waals surface area contributed by atoms with Crippen LogP contribution in [-0.2, 0) is 4.74 Å². The van der Waals surface area contributed by atoms with Crippen LogP contribution in [0.3, 0.4) is 0 Å². The second-order valence-electron chi connectivity index (χ2n) is 3.94. The van der Waals surface area contributed by atoms with Crippen molar-refractivity contribution >= 4 is 5.82 Å². The van der Waals surface area contributed by atoms with Gasteiger partial charge < -0.3 is 10.5 Å². The highest BCUT2D eigenvalue weighted by molar-refractivity contribution is 5.73. The molecule has 0 aliphatic carbocycles. The lowest BCUT2D eigenvalue weighted by molar-refractivity contribution is 0.119. The Balaban J connectivity index is 2.43. The SMILES string of the molecule is CO[C@H](C)c1cccc(-c2cccnc2N)c1. The Morgan fingerprint density at radius 3 is 2.76 bits per heavy atom. The maximum absolute atomic E-state index is 5.87. The molecule has 1 heterocycles. The lowest BCUT2D eigenvalue weighted by Crippen LogP contribution is -1.97. The quantitative estimate of drug-likeness (QED) is 0.878. The number of nitrogens with two attached hydrogens (primary N) is 1. The molecular formula is C14H16N2O. The van der Waals surface area contributed by atoms with Crippen LogP contribution in [0.2, 0.25) is 0 Å². The molecule has 1 aromatic heterocycles. The van der Waals surface area contributed by atoms with Crippen LogP contribution in [0.5, 0.6) is 0 Å². The second kappa shape index (κ2) is 4.97. The number of nitrogens with zero attached hydrogens (tertiary/aromatic N) is 1. The molecule has 0 radical (unpaired) electrons. The predicted octanol–water partition coefficient (Wildman–Crippen LogP) is 3.04. The topological polar surface area (TPSA) is 48.1 Å². The molecule has 2 N–H and O–H groups in total. The molecule has 2 aromatic rings. The zero-order valence-corrected chi connectivity index (χ0v) is 10.1. The van der Waals surface area contributed by atoms with Gasteiger partial charge in [-0.25, -0.2) is 4.98 Å². The standard InChI is InChI=1S/C14H16N2O/c1-10(17-2)11-5-3-6-12(9-11)13-7-4-8-16-14(13)15/h3-10H,1-2H3,(H2,15,16)/t10-/m1/s1. The smallest absolute Gasteiger partial charge is 0.131 e. The molecule has 0 saturated heterocycles. The average Bonchev–Trinajstić information content (AvgIpc) is 2.38. The highest BCUT2D eigenvalue weighted by atomic mass is 16.5. The van der Waals surface area contributed by atoms with Gasteiger partial charge in [0.25, 0.3) is 0 Å². The number of methoxy groups -OCH3 is 1. The number of aromatic nitrogens is 1. The normalized spacial score (nSPS) is 12.4. The minimum absolute atomic E-state index is 0.0767. The summed E-state index contributed by atoms with van der Waals surface area (Å²) in [5.41, 5.74) is 9.02. The highest BCUT2D eigenvalue weighted by Crippen LogP contribution is 2.27. The monoisotopic (exact) mass is 228 g/mol. The van der Waals surface area contributed by atoms with Crippen molar-refractivity contribution in [2.45, 2.75) is 13.0 Å². The number of pyridine rings is 1. The average molecular weight is 228 g/mol. The molecule has 2 rings (SSSR count). The Labute approximate surface area is 101 Å². The fraction of sp³-hybridized carbons (Fsp3) is 0.214. The molecule has 1 aromatic carbocycles. The van der Waals surface area contributed by atoms with Gasteiger partial charge in [-0.1, -0.05) is 18.2 Å².